The smallest absolute Gasteiger partial charge is 0.403 e. The quantitative estimate of drug-likeness (QED) is 0.205. The third-order valence-electron chi connectivity index (χ3n) is 9.73. The van der Waals surface area contributed by atoms with Crippen LogP contribution >= 0.6 is 0 Å². The van der Waals surface area contributed by atoms with Gasteiger partial charge in [-0.1, -0.05) is 113 Å². The van der Waals surface area contributed by atoms with E-state index in [1.54, 1.807) is 13.0 Å². The van der Waals surface area contributed by atoms with E-state index in [1.807, 2.05) is 84.9 Å². The fourth-order valence-corrected chi connectivity index (χ4v) is 10.8. The van der Waals surface area contributed by atoms with Crippen LogP contribution in [0.3, 0.4) is 0 Å². The summed E-state index contributed by atoms with van der Waals surface area (Å²) in [6.07, 6.45) is 0. The van der Waals surface area contributed by atoms with Crippen molar-refractivity contribution in [1.82, 2.24) is 15.5 Å². The molecule has 3 aromatic carbocycles. The van der Waals surface area contributed by atoms with Gasteiger partial charge < -0.3 is 23.6 Å². The van der Waals surface area contributed by atoms with Crippen molar-refractivity contribution in [3.8, 4) is 0 Å². The SMILES string of the molecule is CC(NC(=O)c1nc(C(C)(C)C)no1)c1cc(F)c(B2OC(C)(C)C(C)(C)O2)cc1CO[Si](c1ccccc1)(c1ccccc1)C(C)(C)C. The predicted octanol–water partition coefficient (Wildman–Crippen LogP) is 6.37. The summed E-state index contributed by atoms with van der Waals surface area (Å²) in [6, 6.07) is 23.2. The van der Waals surface area contributed by atoms with Gasteiger partial charge in [0.2, 0.25) is 0 Å². The van der Waals surface area contributed by atoms with E-state index >= 15 is 4.39 Å². The molecule has 4 aromatic rings. The van der Waals surface area contributed by atoms with Crippen LogP contribution in [0.25, 0.3) is 0 Å². The van der Waals surface area contributed by atoms with Gasteiger partial charge in [0.25, 0.3) is 8.32 Å². The zero-order valence-electron chi connectivity index (χ0n) is 30.6. The Labute approximate surface area is 291 Å². The molecule has 8 nitrogen and oxygen atoms in total. The molecule has 260 valence electrons. The van der Waals surface area contributed by atoms with Crippen molar-refractivity contribution in [2.75, 3.05) is 0 Å². The number of hydrogen-bond acceptors (Lipinski definition) is 7. The maximum Gasteiger partial charge on any atom is 0.497 e. The fraction of sp³-hybridized carbons (Fsp3) is 0.447. The second-order valence-corrected chi connectivity index (χ2v) is 20.3. The second kappa shape index (κ2) is 13.2. The van der Waals surface area contributed by atoms with Crippen molar-refractivity contribution in [2.24, 2.45) is 0 Å². The maximum atomic E-state index is 16.2. The van der Waals surface area contributed by atoms with Gasteiger partial charge in [-0.05, 0) is 67.2 Å². The molecule has 1 fully saturated rings. The van der Waals surface area contributed by atoms with Crippen molar-refractivity contribution in [3.05, 3.63) is 101 Å². The summed E-state index contributed by atoms with van der Waals surface area (Å²) >= 11 is 0. The molecule has 0 saturated carbocycles. The number of halogens is 1. The van der Waals surface area contributed by atoms with Gasteiger partial charge in [-0.25, -0.2) is 4.39 Å². The van der Waals surface area contributed by atoms with E-state index in [1.165, 1.54) is 6.07 Å². The summed E-state index contributed by atoms with van der Waals surface area (Å²) in [7, 11) is -3.90. The van der Waals surface area contributed by atoms with Gasteiger partial charge in [-0.3, -0.25) is 4.79 Å². The first kappa shape index (κ1) is 36.6. The molecule has 11 heteroatoms. The van der Waals surface area contributed by atoms with E-state index in [0.29, 0.717) is 17.0 Å². The van der Waals surface area contributed by atoms with E-state index in [4.69, 9.17) is 18.3 Å². The van der Waals surface area contributed by atoms with Crippen LogP contribution in [0.5, 0.6) is 0 Å². The van der Waals surface area contributed by atoms with Crippen LogP contribution in [0.2, 0.25) is 5.04 Å². The molecule has 0 bridgehead atoms. The second-order valence-electron chi connectivity index (χ2n) is 16.0. The number of hydrogen-bond donors (Lipinski definition) is 1. The van der Waals surface area contributed by atoms with Crippen molar-refractivity contribution in [1.29, 1.82) is 0 Å². The maximum absolute atomic E-state index is 16.2. The van der Waals surface area contributed by atoms with Crippen molar-refractivity contribution >= 4 is 37.2 Å². The minimum atomic E-state index is -2.98. The molecule has 1 aromatic heterocycles. The Bertz CT molecular complexity index is 1730. The molecular formula is C38H49BFN3O5Si. The highest BCUT2D eigenvalue weighted by Crippen LogP contribution is 2.39. The van der Waals surface area contributed by atoms with Gasteiger partial charge in [0.15, 0.2) is 5.82 Å². The van der Waals surface area contributed by atoms with Crippen LogP contribution in [0, 0.1) is 5.82 Å². The van der Waals surface area contributed by atoms with Crippen molar-refractivity contribution in [2.45, 2.75) is 110 Å². The third kappa shape index (κ3) is 7.17. The zero-order chi connectivity index (χ0) is 36.0. The monoisotopic (exact) mass is 685 g/mol. The van der Waals surface area contributed by atoms with Crippen LogP contribution in [0.1, 0.15) is 110 Å². The average molecular weight is 686 g/mol. The number of benzene rings is 3. The van der Waals surface area contributed by atoms with Gasteiger partial charge in [-0.15, -0.1) is 0 Å². The fourth-order valence-electron chi connectivity index (χ4n) is 6.24. The first-order chi connectivity index (χ1) is 22.8. The molecule has 0 radical (unpaired) electrons. The standard InChI is InChI=1S/C38H49BFN3O5Si/c1-25(41-32(44)33-42-34(43-46-33)35(2,3)4)29-23-31(40)30(39-47-37(8,9)38(10,11)48-39)22-26(29)24-45-49(36(5,6)7,27-18-14-12-15-19-27)28-20-16-13-17-21-28/h12-23,25H,24H2,1-11H3,(H,41,44). The number of nitrogens with one attached hydrogen (secondary N) is 1. The van der Waals surface area contributed by atoms with Crippen LogP contribution in [-0.2, 0) is 25.8 Å². The molecule has 0 spiro atoms. The van der Waals surface area contributed by atoms with Gasteiger partial charge in [0.1, 0.15) is 5.82 Å². The summed E-state index contributed by atoms with van der Waals surface area (Å²) in [4.78, 5) is 17.6. The highest BCUT2D eigenvalue weighted by molar-refractivity contribution is 6.99. The Balaban J connectivity index is 1.59. The summed E-state index contributed by atoms with van der Waals surface area (Å²) in [6.45, 7) is 22.1. The van der Waals surface area contributed by atoms with E-state index in [0.717, 1.165) is 10.4 Å². The Hall–Kier alpha value is -3.64. The largest absolute Gasteiger partial charge is 0.497 e. The lowest BCUT2D eigenvalue weighted by Gasteiger charge is -2.43. The highest BCUT2D eigenvalue weighted by atomic mass is 28.4. The molecule has 1 atom stereocenters. The molecule has 49 heavy (non-hydrogen) atoms. The minimum absolute atomic E-state index is 0.143. The van der Waals surface area contributed by atoms with Crippen molar-refractivity contribution in [3.63, 3.8) is 0 Å². The lowest BCUT2D eigenvalue weighted by molar-refractivity contribution is 0.00578. The average Bonchev–Trinajstić information content (AvgIpc) is 3.61. The first-order valence-corrected chi connectivity index (χ1v) is 18.8. The molecule has 1 saturated heterocycles. The van der Waals surface area contributed by atoms with Crippen LogP contribution in [0.4, 0.5) is 4.39 Å². The van der Waals surface area contributed by atoms with Gasteiger partial charge in [0, 0.05) is 10.9 Å². The molecule has 1 amide bonds. The third-order valence-corrected chi connectivity index (χ3v) is 14.7. The van der Waals surface area contributed by atoms with Gasteiger partial charge in [-0.2, -0.15) is 4.98 Å². The molecule has 1 unspecified atom stereocenters. The molecule has 1 aliphatic rings. The number of carbonyl (C=O) groups is 1. The Morgan fingerprint density at radius 3 is 1.92 bits per heavy atom. The number of carbonyl (C=O) groups excluding carboxylic acids is 1. The first-order valence-electron chi connectivity index (χ1n) is 16.8. The number of aromatic nitrogens is 2. The van der Waals surface area contributed by atoms with E-state index in [9.17, 15) is 4.79 Å². The minimum Gasteiger partial charge on any atom is -0.403 e. The van der Waals surface area contributed by atoms with Gasteiger partial charge >= 0.3 is 18.9 Å². The summed E-state index contributed by atoms with van der Waals surface area (Å²) in [5.41, 5.74) is -0.191. The predicted molar refractivity (Wildman–Crippen MR) is 193 cm³/mol. The Morgan fingerprint density at radius 1 is 0.918 bits per heavy atom. The molecule has 2 heterocycles. The number of rotatable bonds is 9. The lowest BCUT2D eigenvalue weighted by atomic mass is 9.76. The molecule has 1 aliphatic heterocycles. The van der Waals surface area contributed by atoms with Crippen LogP contribution in [-0.4, -0.2) is 42.7 Å². The van der Waals surface area contributed by atoms with E-state index < -0.39 is 49.8 Å². The molecule has 1 N–H and O–H groups in total. The summed E-state index contributed by atoms with van der Waals surface area (Å²) in [5.74, 6) is -0.792. The summed E-state index contributed by atoms with van der Waals surface area (Å²) < 4.78 is 41.4. The normalized spacial score (nSPS) is 16.9. The van der Waals surface area contributed by atoms with E-state index in [2.05, 4.69) is 60.5 Å². The Kier molecular flexibility index (Phi) is 9.90. The molecule has 0 aliphatic carbocycles. The molecular weight excluding hydrogens is 636 g/mol. The van der Waals surface area contributed by atoms with Crippen molar-refractivity contribution < 1.29 is 27.4 Å². The molecule has 5 rings (SSSR count). The van der Waals surface area contributed by atoms with Crippen LogP contribution in [0.15, 0.2) is 77.3 Å². The number of amides is 1. The zero-order valence-corrected chi connectivity index (χ0v) is 31.6. The Morgan fingerprint density at radius 2 is 1.45 bits per heavy atom. The summed E-state index contributed by atoms with van der Waals surface area (Å²) in [5, 5.41) is 8.89. The highest BCUT2D eigenvalue weighted by Gasteiger charge is 2.53. The topological polar surface area (TPSA) is 95.7 Å². The van der Waals surface area contributed by atoms with E-state index in [-0.39, 0.29) is 23.0 Å². The lowest BCUT2D eigenvalue weighted by Crippen LogP contribution is -2.66. The van der Waals surface area contributed by atoms with Crippen LogP contribution < -0.4 is 21.2 Å². The number of nitrogens with zero attached hydrogens (tertiary/aromatic N) is 2. The van der Waals surface area contributed by atoms with Gasteiger partial charge in [0.05, 0.1) is 23.9 Å².